The van der Waals surface area contributed by atoms with E-state index in [0.29, 0.717) is 31.5 Å². The zero-order valence-corrected chi connectivity index (χ0v) is 15.4. The van der Waals surface area contributed by atoms with Crippen LogP contribution >= 0.6 is 0 Å². The highest BCUT2D eigenvalue weighted by atomic mass is 32.3. The Hall–Kier alpha value is -2.18. The summed E-state index contributed by atoms with van der Waals surface area (Å²) in [6, 6.07) is 1.25. The lowest BCUT2D eigenvalue weighted by molar-refractivity contribution is 0.00102. The van der Waals surface area contributed by atoms with Crippen molar-refractivity contribution in [1.82, 2.24) is 20.2 Å². The number of hydrogen-bond donors (Lipinski definition) is 4. The lowest BCUT2D eigenvalue weighted by Gasteiger charge is -2.50. The molecule has 0 aromatic carbocycles. The molecule has 2 saturated heterocycles. The Kier molecular flexibility index (Phi) is 4.35. The van der Waals surface area contributed by atoms with E-state index in [0.717, 1.165) is 5.96 Å². The molecule has 148 valence electrons. The lowest BCUT2D eigenvalue weighted by atomic mass is 9.81. The van der Waals surface area contributed by atoms with Crippen LogP contribution in [0.2, 0.25) is 0 Å². The molecule has 12 heteroatoms. The van der Waals surface area contributed by atoms with Crippen molar-refractivity contribution < 1.29 is 17.2 Å². The summed E-state index contributed by atoms with van der Waals surface area (Å²) in [7, 11) is -4.53. The lowest BCUT2D eigenvalue weighted by Crippen LogP contribution is -2.64. The SMILES string of the molecule is C[C@@H]1[C@H](OS(=O)(=O)O)C[C@H]2C[C@@H](Cc3cc(=O)[nH]c(=O)[nH]3)NC3=NC[C@@H]1N32. The minimum absolute atomic E-state index is 0.00155. The molecule has 4 heterocycles. The van der Waals surface area contributed by atoms with Crippen molar-refractivity contribution in [1.29, 1.82) is 0 Å². The van der Waals surface area contributed by atoms with Gasteiger partial charge in [-0.2, -0.15) is 8.42 Å². The third-order valence-corrected chi connectivity index (χ3v) is 6.03. The maximum Gasteiger partial charge on any atom is 0.397 e. The van der Waals surface area contributed by atoms with E-state index in [2.05, 4.69) is 25.2 Å². The van der Waals surface area contributed by atoms with Crippen molar-refractivity contribution in [2.24, 2.45) is 10.9 Å². The van der Waals surface area contributed by atoms with Crippen LogP contribution in [0.15, 0.2) is 20.6 Å². The Bertz CT molecular complexity index is 957. The molecular formula is C15H21N5O6S. The fourth-order valence-corrected chi connectivity index (χ4v) is 4.99. The predicted molar refractivity (Wildman–Crippen MR) is 94.8 cm³/mol. The van der Waals surface area contributed by atoms with Gasteiger partial charge in [-0.05, 0) is 12.8 Å². The van der Waals surface area contributed by atoms with Crippen LogP contribution < -0.4 is 16.6 Å². The molecule has 3 aliphatic heterocycles. The number of aromatic nitrogens is 2. The van der Waals surface area contributed by atoms with Crippen LogP contribution in [0.1, 0.15) is 25.5 Å². The van der Waals surface area contributed by atoms with Crippen LogP contribution in [0.5, 0.6) is 0 Å². The average molecular weight is 399 g/mol. The highest BCUT2D eigenvalue weighted by molar-refractivity contribution is 7.80. The Labute approximate surface area is 154 Å². The number of rotatable bonds is 4. The maximum atomic E-state index is 11.5. The van der Waals surface area contributed by atoms with E-state index in [-0.39, 0.29) is 24.0 Å². The van der Waals surface area contributed by atoms with Gasteiger partial charge in [0.15, 0.2) is 5.96 Å². The van der Waals surface area contributed by atoms with E-state index >= 15 is 0 Å². The quantitative estimate of drug-likeness (QED) is 0.451. The normalized spacial score (nSPS) is 32.6. The van der Waals surface area contributed by atoms with Crippen molar-refractivity contribution in [2.75, 3.05) is 6.54 Å². The highest BCUT2D eigenvalue weighted by Gasteiger charge is 2.49. The van der Waals surface area contributed by atoms with E-state index in [4.69, 9.17) is 8.74 Å². The molecule has 0 amide bonds. The first-order chi connectivity index (χ1) is 12.7. The number of aromatic amines is 2. The monoisotopic (exact) mass is 399 g/mol. The van der Waals surface area contributed by atoms with Crippen molar-refractivity contribution in [3.05, 3.63) is 32.6 Å². The topological polar surface area (TPSA) is 157 Å². The largest absolute Gasteiger partial charge is 0.397 e. The van der Waals surface area contributed by atoms with Gasteiger partial charge in [0.25, 0.3) is 5.56 Å². The molecular weight excluding hydrogens is 378 g/mol. The second-order valence-electron chi connectivity index (χ2n) is 7.34. The number of guanidine groups is 1. The van der Waals surface area contributed by atoms with Gasteiger partial charge in [0.2, 0.25) is 0 Å². The van der Waals surface area contributed by atoms with Crippen molar-refractivity contribution >= 4 is 16.4 Å². The molecule has 0 bridgehead atoms. The van der Waals surface area contributed by atoms with Crippen molar-refractivity contribution in [3.8, 4) is 0 Å². The Morgan fingerprint density at radius 3 is 2.81 bits per heavy atom. The van der Waals surface area contributed by atoms with Gasteiger partial charge in [-0.25, -0.2) is 8.98 Å². The highest BCUT2D eigenvalue weighted by Crippen LogP contribution is 2.37. The van der Waals surface area contributed by atoms with Crippen LogP contribution in [0.4, 0.5) is 0 Å². The second kappa shape index (κ2) is 6.46. The summed E-state index contributed by atoms with van der Waals surface area (Å²) in [5.74, 6) is 0.623. The van der Waals surface area contributed by atoms with E-state index in [1.807, 2.05) is 6.92 Å². The summed E-state index contributed by atoms with van der Waals surface area (Å²) in [4.78, 5) is 34.4. The molecule has 1 aromatic rings. The third-order valence-electron chi connectivity index (χ3n) is 5.54. The van der Waals surface area contributed by atoms with Gasteiger partial charge in [0.1, 0.15) is 0 Å². The van der Waals surface area contributed by atoms with Gasteiger partial charge >= 0.3 is 16.1 Å². The molecule has 1 aromatic heterocycles. The van der Waals surface area contributed by atoms with Crippen molar-refractivity contribution in [2.45, 2.75) is 50.4 Å². The molecule has 0 unspecified atom stereocenters. The molecule has 4 rings (SSSR count). The number of hydrogen-bond acceptors (Lipinski definition) is 8. The Morgan fingerprint density at radius 2 is 2.11 bits per heavy atom. The van der Waals surface area contributed by atoms with E-state index < -0.39 is 27.8 Å². The van der Waals surface area contributed by atoms with E-state index in [9.17, 15) is 18.0 Å². The van der Waals surface area contributed by atoms with Gasteiger partial charge < -0.3 is 15.2 Å². The maximum absolute atomic E-state index is 11.5. The van der Waals surface area contributed by atoms with Gasteiger partial charge in [0, 0.05) is 36.2 Å². The summed E-state index contributed by atoms with van der Waals surface area (Å²) in [5, 5.41) is 3.35. The second-order valence-corrected chi connectivity index (χ2v) is 8.39. The molecule has 3 aliphatic rings. The third kappa shape index (κ3) is 3.64. The van der Waals surface area contributed by atoms with Crippen LogP contribution in [0.25, 0.3) is 0 Å². The molecule has 0 radical (unpaired) electrons. The minimum atomic E-state index is -4.53. The first-order valence-corrected chi connectivity index (χ1v) is 10.1. The molecule has 0 spiro atoms. The molecule has 0 saturated carbocycles. The number of aliphatic imine (C=N–C) groups is 1. The Morgan fingerprint density at radius 1 is 1.33 bits per heavy atom. The van der Waals surface area contributed by atoms with Gasteiger partial charge in [-0.1, -0.05) is 6.92 Å². The average Bonchev–Trinajstić information content (AvgIpc) is 2.94. The van der Waals surface area contributed by atoms with E-state index in [1.54, 1.807) is 0 Å². The summed E-state index contributed by atoms with van der Waals surface area (Å²) >= 11 is 0. The Balaban J connectivity index is 1.54. The van der Waals surface area contributed by atoms with Gasteiger partial charge in [-0.3, -0.25) is 19.3 Å². The van der Waals surface area contributed by atoms with Crippen LogP contribution in [0, 0.1) is 5.92 Å². The minimum Gasteiger partial charge on any atom is -0.353 e. The van der Waals surface area contributed by atoms with Crippen LogP contribution in [0.3, 0.4) is 0 Å². The molecule has 0 aliphatic carbocycles. The molecule has 2 fully saturated rings. The molecule has 5 atom stereocenters. The van der Waals surface area contributed by atoms with E-state index in [1.165, 1.54) is 6.07 Å². The van der Waals surface area contributed by atoms with Crippen molar-refractivity contribution in [3.63, 3.8) is 0 Å². The van der Waals surface area contributed by atoms with Gasteiger partial charge in [0.05, 0.1) is 18.7 Å². The molecule has 27 heavy (non-hydrogen) atoms. The fraction of sp³-hybridized carbons (Fsp3) is 0.667. The fourth-order valence-electron chi connectivity index (χ4n) is 4.43. The summed E-state index contributed by atoms with van der Waals surface area (Å²) in [6.45, 7) is 2.40. The van der Waals surface area contributed by atoms with Crippen LogP contribution in [-0.2, 0) is 21.0 Å². The zero-order chi connectivity index (χ0) is 19.3. The van der Waals surface area contributed by atoms with Gasteiger partial charge in [-0.15, -0.1) is 0 Å². The molecule has 4 N–H and O–H groups in total. The predicted octanol–water partition coefficient (Wildman–Crippen LogP) is -1.40. The number of nitrogens with one attached hydrogen (secondary N) is 3. The molecule has 11 nitrogen and oxygen atoms in total. The smallest absolute Gasteiger partial charge is 0.353 e. The zero-order valence-electron chi connectivity index (χ0n) is 14.6. The summed E-state index contributed by atoms with van der Waals surface area (Å²) < 4.78 is 36.4. The summed E-state index contributed by atoms with van der Waals surface area (Å²) in [5.41, 5.74) is -0.501. The number of H-pyrrole nitrogens is 2. The first kappa shape index (κ1) is 18.2. The van der Waals surface area contributed by atoms with Crippen LogP contribution in [-0.4, -0.2) is 64.6 Å². The number of nitrogens with zero attached hydrogens (tertiary/aromatic N) is 2. The first-order valence-electron chi connectivity index (χ1n) is 8.77. The number of piperidine rings is 1. The summed E-state index contributed by atoms with van der Waals surface area (Å²) in [6.07, 6.45) is 0.883. The standard InChI is InChI=1S/C15H21N5O6S/c1-7-11-6-16-14-17-8(2-9-4-13(21)19-15(22)18-9)3-10(20(11)14)5-12(7)26-27(23,24)25/h4,7-8,10-12H,2-3,5-6H2,1H3,(H,16,17)(H,23,24,25)(H2,18,19,21,22)/t7-,8+,10+,11-,12+/m0/s1.